The Labute approximate surface area is 244 Å². The molecule has 0 aliphatic rings. The molecule has 0 aliphatic heterocycles. The second-order valence-corrected chi connectivity index (χ2v) is 12.9. The van der Waals surface area contributed by atoms with Crippen molar-refractivity contribution in [3.63, 3.8) is 0 Å². The van der Waals surface area contributed by atoms with Gasteiger partial charge in [0, 0.05) is 10.8 Å². The molecule has 0 atom stereocenters. The second-order valence-electron chi connectivity index (χ2n) is 9.12. The van der Waals surface area contributed by atoms with E-state index in [1.54, 1.807) is 0 Å². The largest absolute Gasteiger partial charge is 0.498 e. The van der Waals surface area contributed by atoms with E-state index in [4.69, 9.17) is 25.9 Å². The Morgan fingerprint density at radius 2 is 0.846 bits per heavy atom. The first kappa shape index (κ1) is 25.9. The van der Waals surface area contributed by atoms with Crippen molar-refractivity contribution in [1.29, 1.82) is 0 Å². The molecule has 6 aromatic carbocycles. The van der Waals surface area contributed by atoms with Gasteiger partial charge in [0.15, 0.2) is 0 Å². The van der Waals surface area contributed by atoms with Crippen molar-refractivity contribution < 1.29 is 29.7 Å². The maximum Gasteiger partial charge on any atom is 0.0875 e. The second kappa shape index (κ2) is 11.8. The summed E-state index contributed by atoms with van der Waals surface area (Å²) in [5.74, 6) is 1.92. The van der Waals surface area contributed by atoms with E-state index in [0.717, 1.165) is 33.4 Å². The van der Waals surface area contributed by atoms with Gasteiger partial charge in [0.25, 0.3) is 0 Å². The molecule has 0 amide bonds. The summed E-state index contributed by atoms with van der Waals surface area (Å²) in [6.45, 7) is 0. The van der Waals surface area contributed by atoms with Crippen LogP contribution in [0.25, 0.3) is 65.7 Å². The molecule has 39 heavy (non-hydrogen) atoms. The zero-order valence-electron chi connectivity index (χ0n) is 20.8. The third-order valence-corrected chi connectivity index (χ3v) is 6.78. The van der Waals surface area contributed by atoms with Crippen LogP contribution in [0.2, 0.25) is 0 Å². The molecular weight excluding hydrogens is 603 g/mol. The standard InChI is InChI=1S/2C17H11O.2ClH.Zr/c2*1-2-6-13-10-15(9-12(13)5-1)17-16-8-4-3-7-14(16)11-18-17;;;/h2*1-11H;2*1H;/q2*-1;;;+4/p-2. The molecule has 188 valence electrons. The monoisotopic (exact) mass is 622 g/mol. The fraction of sp³-hybridized carbons (Fsp3) is 0. The summed E-state index contributed by atoms with van der Waals surface area (Å²) in [5, 5.41) is 9.68. The summed E-state index contributed by atoms with van der Waals surface area (Å²) in [6, 6.07) is 42.0. The summed E-state index contributed by atoms with van der Waals surface area (Å²) < 4.78 is 11.5. The number of furan rings is 2. The first-order valence-corrected chi connectivity index (χ1v) is 18.8. The van der Waals surface area contributed by atoms with Crippen molar-refractivity contribution in [3.05, 3.63) is 134 Å². The van der Waals surface area contributed by atoms with E-state index in [1.165, 1.54) is 32.3 Å². The minimum Gasteiger partial charge on any atom is -0.498 e. The number of hydrogen-bond acceptors (Lipinski definition) is 2. The number of halogens is 2. The predicted octanol–water partition coefficient (Wildman–Crippen LogP) is 11.3. The summed E-state index contributed by atoms with van der Waals surface area (Å²) in [6.07, 6.45) is 3.64. The van der Waals surface area contributed by atoms with Crippen LogP contribution < -0.4 is 0 Å². The van der Waals surface area contributed by atoms with Gasteiger partial charge in [-0.05, 0) is 10.8 Å². The molecular formula is C34H22Cl2O2Zr. The molecule has 0 saturated heterocycles. The Morgan fingerprint density at radius 1 is 0.487 bits per heavy atom. The van der Waals surface area contributed by atoms with Crippen molar-refractivity contribution in [2.24, 2.45) is 0 Å². The molecule has 0 unspecified atom stereocenters. The van der Waals surface area contributed by atoms with Gasteiger partial charge in [-0.15, -0.1) is 57.9 Å². The Morgan fingerprint density at radius 3 is 1.26 bits per heavy atom. The van der Waals surface area contributed by atoms with Gasteiger partial charge in [-0.3, -0.25) is 0 Å². The normalized spacial score (nSPS) is 10.7. The molecule has 0 radical (unpaired) electrons. The van der Waals surface area contributed by atoms with Crippen LogP contribution in [0.3, 0.4) is 0 Å². The summed E-state index contributed by atoms with van der Waals surface area (Å²) in [4.78, 5) is 0. The summed E-state index contributed by atoms with van der Waals surface area (Å²) >= 11 is -0.826. The minimum absolute atomic E-state index is 0.826. The predicted molar refractivity (Wildman–Crippen MR) is 161 cm³/mol. The number of fused-ring (bicyclic) bond motifs is 4. The number of hydrogen-bond donors (Lipinski definition) is 0. The third kappa shape index (κ3) is 5.40. The van der Waals surface area contributed by atoms with E-state index in [-0.39, 0.29) is 0 Å². The van der Waals surface area contributed by atoms with E-state index in [9.17, 15) is 0 Å². The molecule has 0 fully saturated rings. The van der Waals surface area contributed by atoms with Crippen molar-refractivity contribution in [2.75, 3.05) is 0 Å². The van der Waals surface area contributed by atoms with Crippen LogP contribution in [-0.2, 0) is 20.8 Å². The van der Waals surface area contributed by atoms with Gasteiger partial charge < -0.3 is 8.83 Å². The first-order chi connectivity index (χ1) is 19.2. The molecule has 0 bridgehead atoms. The van der Waals surface area contributed by atoms with E-state index in [2.05, 4.69) is 97.1 Å². The fourth-order valence-corrected chi connectivity index (χ4v) is 5.00. The van der Waals surface area contributed by atoms with E-state index in [0.29, 0.717) is 0 Å². The maximum atomic E-state index is 5.73. The van der Waals surface area contributed by atoms with Gasteiger partial charge in [0.1, 0.15) is 0 Å². The quantitative estimate of drug-likeness (QED) is 0.179. The van der Waals surface area contributed by atoms with Crippen molar-refractivity contribution in [1.82, 2.24) is 0 Å². The van der Waals surface area contributed by atoms with Gasteiger partial charge in [-0.1, -0.05) is 96.1 Å². The van der Waals surface area contributed by atoms with Gasteiger partial charge in [0.2, 0.25) is 0 Å². The Kier molecular flexibility index (Phi) is 7.84. The van der Waals surface area contributed by atoms with Crippen molar-refractivity contribution in [3.8, 4) is 22.6 Å². The van der Waals surface area contributed by atoms with Crippen LogP contribution in [0.15, 0.2) is 143 Å². The molecule has 0 spiro atoms. The van der Waals surface area contributed by atoms with Crippen LogP contribution in [0, 0.1) is 0 Å². The van der Waals surface area contributed by atoms with Crippen LogP contribution >= 0.6 is 17.0 Å². The molecule has 8 rings (SSSR count). The maximum absolute atomic E-state index is 5.73. The SMILES string of the molecule is [Cl][Zr+2][Cl].c1ccc2[cH-]c(-c3occ4ccccc34)cc2c1.c1ccc2[cH-]c(-c3occ4ccccc34)cc2c1. The topological polar surface area (TPSA) is 26.3 Å². The smallest absolute Gasteiger partial charge is 0.0875 e. The molecule has 0 N–H and O–H groups in total. The zero-order chi connectivity index (χ0) is 26.6. The average molecular weight is 625 g/mol. The zero-order valence-corrected chi connectivity index (χ0v) is 24.7. The molecule has 2 nitrogen and oxygen atoms in total. The molecule has 0 aliphatic carbocycles. The van der Waals surface area contributed by atoms with Crippen LogP contribution in [-0.4, -0.2) is 0 Å². The van der Waals surface area contributed by atoms with Gasteiger partial charge >= 0.3 is 37.9 Å². The minimum atomic E-state index is -0.826. The van der Waals surface area contributed by atoms with Crippen LogP contribution in [0.4, 0.5) is 0 Å². The van der Waals surface area contributed by atoms with E-state index in [1.807, 2.05) is 36.8 Å². The van der Waals surface area contributed by atoms with E-state index < -0.39 is 20.8 Å². The number of rotatable bonds is 2. The average Bonchev–Trinajstić information content (AvgIpc) is 3.76. The number of benzene rings is 4. The van der Waals surface area contributed by atoms with Crippen LogP contribution in [0.1, 0.15) is 0 Å². The van der Waals surface area contributed by atoms with Gasteiger partial charge in [-0.2, -0.15) is 0 Å². The Balaban J connectivity index is 0.000000129. The first-order valence-electron chi connectivity index (χ1n) is 12.5. The molecule has 8 aromatic rings. The summed E-state index contributed by atoms with van der Waals surface area (Å²) in [7, 11) is 9.87. The Hall–Kier alpha value is -3.36. The molecule has 2 aromatic heterocycles. The van der Waals surface area contributed by atoms with Gasteiger partial charge in [-0.25, -0.2) is 0 Å². The molecule has 0 saturated carbocycles. The van der Waals surface area contributed by atoms with E-state index >= 15 is 0 Å². The summed E-state index contributed by atoms with van der Waals surface area (Å²) in [5.41, 5.74) is 2.30. The van der Waals surface area contributed by atoms with Crippen LogP contribution in [0.5, 0.6) is 0 Å². The third-order valence-electron chi connectivity index (χ3n) is 6.78. The molecule has 5 heteroatoms. The van der Waals surface area contributed by atoms with Gasteiger partial charge in [0.05, 0.1) is 24.0 Å². The fourth-order valence-electron chi connectivity index (χ4n) is 5.00. The molecule has 2 heterocycles. The van der Waals surface area contributed by atoms with Crippen molar-refractivity contribution >= 4 is 60.1 Å². The van der Waals surface area contributed by atoms with Crippen molar-refractivity contribution in [2.45, 2.75) is 0 Å². The Bertz CT molecular complexity index is 1780.